The Morgan fingerprint density at radius 1 is 1.36 bits per heavy atom. The fourth-order valence-electron chi connectivity index (χ4n) is 1.13. The molecule has 0 radical (unpaired) electrons. The van der Waals surface area contributed by atoms with Crippen LogP contribution < -0.4 is 0 Å². The van der Waals surface area contributed by atoms with Crippen LogP contribution in [0.5, 0.6) is 0 Å². The topological polar surface area (TPSA) is 26.3 Å². The smallest absolute Gasteiger partial charge is 0.343 e. The third-order valence-corrected chi connectivity index (χ3v) is 1.90. The third kappa shape index (κ3) is 1.89. The van der Waals surface area contributed by atoms with E-state index in [1.54, 1.807) is 6.92 Å². The summed E-state index contributed by atoms with van der Waals surface area (Å²) in [6.07, 6.45) is 0.509. The Morgan fingerprint density at radius 2 is 1.86 bits per heavy atom. The summed E-state index contributed by atoms with van der Waals surface area (Å²) in [6.45, 7) is 1.77. The highest BCUT2D eigenvalue weighted by atomic mass is 19.1. The zero-order valence-corrected chi connectivity index (χ0v) is 7.93. The van der Waals surface area contributed by atoms with Crippen molar-refractivity contribution in [1.82, 2.24) is 0 Å². The van der Waals surface area contributed by atoms with Crippen molar-refractivity contribution in [2.75, 3.05) is 7.11 Å². The third-order valence-electron chi connectivity index (χ3n) is 1.90. The second-order valence-corrected chi connectivity index (χ2v) is 2.78. The number of hydrogen-bond acceptors (Lipinski definition) is 2. The maximum absolute atomic E-state index is 13.2. The number of hydrogen-bond donors (Lipinski definition) is 0. The Morgan fingerprint density at radius 3 is 2.21 bits per heavy atom. The molecule has 0 saturated heterocycles. The van der Waals surface area contributed by atoms with Crippen molar-refractivity contribution < 1.29 is 18.3 Å². The van der Waals surface area contributed by atoms with Crippen molar-refractivity contribution in [1.29, 1.82) is 0 Å². The van der Waals surface area contributed by atoms with Crippen LogP contribution in [0.3, 0.4) is 0 Å². The number of carbonyl (C=O) groups is 1. The molecule has 0 spiro atoms. The molecular formula is C10H10F2O2. The van der Waals surface area contributed by atoms with Gasteiger partial charge in [-0.25, -0.2) is 13.6 Å². The maximum Gasteiger partial charge on any atom is 0.343 e. The van der Waals surface area contributed by atoms with E-state index in [1.807, 2.05) is 0 Å². The van der Waals surface area contributed by atoms with Crippen LogP contribution in [-0.2, 0) is 11.2 Å². The van der Waals surface area contributed by atoms with Crippen LogP contribution in [0.25, 0.3) is 0 Å². The van der Waals surface area contributed by atoms with Gasteiger partial charge in [0.2, 0.25) is 0 Å². The summed E-state index contributed by atoms with van der Waals surface area (Å²) in [5.74, 6) is -2.76. The lowest BCUT2D eigenvalue weighted by Crippen LogP contribution is -2.08. The van der Waals surface area contributed by atoms with Gasteiger partial charge in [0.25, 0.3) is 0 Å². The highest BCUT2D eigenvalue weighted by Crippen LogP contribution is 2.16. The lowest BCUT2D eigenvalue weighted by molar-refractivity contribution is 0.0590. The molecule has 1 aromatic carbocycles. The number of halogens is 2. The normalized spacial score (nSPS) is 10.0. The second kappa shape index (κ2) is 4.17. The molecule has 0 aliphatic rings. The first-order chi connectivity index (χ1) is 6.60. The molecule has 0 aliphatic heterocycles. The van der Waals surface area contributed by atoms with Gasteiger partial charge in [0, 0.05) is 0 Å². The minimum absolute atomic E-state index is 0.507. The predicted molar refractivity (Wildman–Crippen MR) is 47.1 cm³/mol. The summed E-state index contributed by atoms with van der Waals surface area (Å²) in [5.41, 5.74) is -0.127. The molecule has 0 saturated carbocycles. The van der Waals surface area contributed by atoms with Gasteiger partial charge in [-0.05, 0) is 24.1 Å². The molecule has 4 heteroatoms. The summed E-state index contributed by atoms with van der Waals surface area (Å²) in [5, 5.41) is 0. The molecule has 0 bridgehead atoms. The van der Waals surface area contributed by atoms with E-state index in [1.165, 1.54) is 0 Å². The summed E-state index contributed by atoms with van der Waals surface area (Å²) >= 11 is 0. The van der Waals surface area contributed by atoms with E-state index in [9.17, 15) is 13.6 Å². The molecular weight excluding hydrogens is 190 g/mol. The van der Waals surface area contributed by atoms with E-state index in [0.717, 1.165) is 19.2 Å². The minimum Gasteiger partial charge on any atom is -0.465 e. The molecule has 1 rings (SSSR count). The quantitative estimate of drug-likeness (QED) is 0.685. The van der Waals surface area contributed by atoms with Gasteiger partial charge >= 0.3 is 5.97 Å². The highest BCUT2D eigenvalue weighted by molar-refractivity contribution is 5.90. The Labute approximate surface area is 80.5 Å². The average molecular weight is 200 g/mol. The summed E-state index contributed by atoms with van der Waals surface area (Å²) in [7, 11) is 1.08. The first-order valence-corrected chi connectivity index (χ1v) is 4.16. The van der Waals surface area contributed by atoms with Crippen LogP contribution in [-0.4, -0.2) is 13.1 Å². The second-order valence-electron chi connectivity index (χ2n) is 2.78. The van der Waals surface area contributed by atoms with E-state index < -0.39 is 23.2 Å². The number of aryl methyl sites for hydroxylation is 1. The lowest BCUT2D eigenvalue weighted by atomic mass is 10.1. The van der Waals surface area contributed by atoms with Crippen molar-refractivity contribution in [3.63, 3.8) is 0 Å². The predicted octanol–water partition coefficient (Wildman–Crippen LogP) is 2.31. The summed E-state index contributed by atoms with van der Waals surface area (Å²) in [4.78, 5) is 11.0. The zero-order valence-electron chi connectivity index (χ0n) is 7.93. The van der Waals surface area contributed by atoms with Gasteiger partial charge in [0.05, 0.1) is 7.11 Å². The molecule has 0 aromatic heterocycles. The van der Waals surface area contributed by atoms with Gasteiger partial charge in [-0.2, -0.15) is 0 Å². The van der Waals surface area contributed by atoms with Gasteiger partial charge in [-0.3, -0.25) is 0 Å². The zero-order chi connectivity index (χ0) is 10.7. The van der Waals surface area contributed by atoms with Gasteiger partial charge in [0.15, 0.2) is 0 Å². The average Bonchev–Trinajstić information content (AvgIpc) is 2.16. The lowest BCUT2D eigenvalue weighted by Gasteiger charge is -2.04. The Balaban J connectivity index is 3.25. The van der Waals surface area contributed by atoms with Crippen LogP contribution >= 0.6 is 0 Å². The number of benzene rings is 1. The van der Waals surface area contributed by atoms with Crippen molar-refractivity contribution in [3.05, 3.63) is 34.9 Å². The molecule has 1 aromatic rings. The molecule has 0 aliphatic carbocycles. The van der Waals surface area contributed by atoms with Crippen molar-refractivity contribution in [2.24, 2.45) is 0 Å². The van der Waals surface area contributed by atoms with Crippen LogP contribution in [0.4, 0.5) is 8.78 Å². The first kappa shape index (κ1) is 10.6. The van der Waals surface area contributed by atoms with Crippen LogP contribution in [0.2, 0.25) is 0 Å². The Hall–Kier alpha value is -1.45. The van der Waals surface area contributed by atoms with Gasteiger partial charge < -0.3 is 4.74 Å². The largest absolute Gasteiger partial charge is 0.465 e. The SMILES string of the molecule is CCc1cc(F)c(C(=O)OC)c(F)c1. The van der Waals surface area contributed by atoms with Gasteiger partial charge in [0.1, 0.15) is 17.2 Å². The number of esters is 1. The number of ether oxygens (including phenoxy) is 1. The molecule has 2 nitrogen and oxygen atoms in total. The van der Waals surface area contributed by atoms with Crippen molar-refractivity contribution >= 4 is 5.97 Å². The van der Waals surface area contributed by atoms with E-state index in [4.69, 9.17) is 0 Å². The fraction of sp³-hybridized carbons (Fsp3) is 0.300. The monoisotopic (exact) mass is 200 g/mol. The molecule has 0 unspecified atom stereocenters. The molecule has 0 N–H and O–H groups in total. The molecule has 0 amide bonds. The molecule has 0 atom stereocenters. The summed E-state index contributed by atoms with van der Waals surface area (Å²) < 4.78 is 30.6. The number of methoxy groups -OCH3 is 1. The summed E-state index contributed by atoms with van der Waals surface area (Å²) in [6, 6.07) is 2.27. The van der Waals surface area contributed by atoms with E-state index >= 15 is 0 Å². The van der Waals surface area contributed by atoms with E-state index in [-0.39, 0.29) is 0 Å². The van der Waals surface area contributed by atoms with Gasteiger partial charge in [-0.15, -0.1) is 0 Å². The maximum atomic E-state index is 13.2. The van der Waals surface area contributed by atoms with Crippen molar-refractivity contribution in [3.8, 4) is 0 Å². The first-order valence-electron chi connectivity index (χ1n) is 4.16. The Kier molecular flexibility index (Phi) is 3.17. The van der Waals surface area contributed by atoms with E-state index in [2.05, 4.69) is 4.74 Å². The highest BCUT2D eigenvalue weighted by Gasteiger charge is 2.18. The molecule has 76 valence electrons. The van der Waals surface area contributed by atoms with Crippen LogP contribution in [0.1, 0.15) is 22.8 Å². The van der Waals surface area contributed by atoms with Crippen LogP contribution in [0, 0.1) is 11.6 Å². The Bertz CT molecular complexity index is 338. The molecule has 0 fully saturated rings. The molecule has 0 heterocycles. The number of rotatable bonds is 2. The van der Waals surface area contributed by atoms with Gasteiger partial charge in [-0.1, -0.05) is 6.92 Å². The van der Waals surface area contributed by atoms with Crippen molar-refractivity contribution in [2.45, 2.75) is 13.3 Å². The van der Waals surface area contributed by atoms with E-state index in [0.29, 0.717) is 12.0 Å². The van der Waals surface area contributed by atoms with Crippen LogP contribution in [0.15, 0.2) is 12.1 Å². The fourth-order valence-corrected chi connectivity index (χ4v) is 1.13. The molecule has 14 heavy (non-hydrogen) atoms. The standard InChI is InChI=1S/C10H10F2O2/c1-3-6-4-7(11)9(8(12)5-6)10(13)14-2/h4-5H,3H2,1-2H3. The number of carbonyl (C=O) groups excluding carboxylic acids is 1. The minimum atomic E-state index is -0.998.